The van der Waals surface area contributed by atoms with Crippen LogP contribution in [0.4, 0.5) is 15.8 Å². The molecule has 10 heteroatoms. The second-order valence-electron chi connectivity index (χ2n) is 9.87. The van der Waals surface area contributed by atoms with Gasteiger partial charge in [-0.3, -0.25) is 4.79 Å². The van der Waals surface area contributed by atoms with Crippen molar-refractivity contribution >= 4 is 23.3 Å². The summed E-state index contributed by atoms with van der Waals surface area (Å²) < 4.78 is 32.3. The predicted molar refractivity (Wildman–Crippen MR) is 159 cm³/mol. The second kappa shape index (κ2) is 13.0. The zero-order valence-corrected chi connectivity index (χ0v) is 23.7. The Morgan fingerprint density at radius 2 is 1.93 bits per heavy atom. The van der Waals surface area contributed by atoms with Gasteiger partial charge in [0.25, 0.3) is 0 Å². The number of fused-ring (bicyclic) bond motifs is 7. The number of hydrogen-bond acceptors (Lipinski definition) is 8. The number of benzene rings is 3. The number of carbonyl (C=O) groups is 2. The molecule has 4 aromatic rings. The van der Waals surface area contributed by atoms with Crippen LogP contribution in [-0.2, 0) is 29.0 Å². The highest BCUT2D eigenvalue weighted by Crippen LogP contribution is 2.32. The molecular weight excluding hydrogens is 551 g/mol. The molecule has 6 bridgehead atoms. The van der Waals surface area contributed by atoms with Crippen molar-refractivity contribution in [3.63, 3.8) is 0 Å². The molecule has 2 N–H and O–H groups in total. The van der Waals surface area contributed by atoms with E-state index in [4.69, 9.17) is 14.2 Å². The van der Waals surface area contributed by atoms with Gasteiger partial charge in [-0.05, 0) is 66.4 Å². The molecule has 218 valence electrons. The number of carbonyl (C=O) groups excluding carboxylic acids is 2. The number of ether oxygens (including phenoxy) is 3. The Morgan fingerprint density at radius 3 is 2.72 bits per heavy atom. The number of nitrogens with one attached hydrogen (secondary N) is 2. The first kappa shape index (κ1) is 29.1. The minimum absolute atomic E-state index is 0.175. The van der Waals surface area contributed by atoms with Crippen molar-refractivity contribution < 1.29 is 28.2 Å². The van der Waals surface area contributed by atoms with Gasteiger partial charge in [0.2, 0.25) is 11.8 Å². The lowest BCUT2D eigenvalue weighted by Gasteiger charge is -2.16. The fraction of sp³-hybridized carbons (Fsp3) is 0.212. The summed E-state index contributed by atoms with van der Waals surface area (Å²) in [5.41, 5.74) is 4.55. The maximum Gasteiger partial charge on any atom is 0.337 e. The number of nitrogens with zero attached hydrogens (tertiary/aromatic N) is 2. The van der Waals surface area contributed by atoms with Crippen LogP contribution in [-0.4, -0.2) is 37.6 Å². The number of esters is 1. The topological polar surface area (TPSA) is 123 Å². The van der Waals surface area contributed by atoms with Gasteiger partial charge in [-0.2, -0.15) is 5.26 Å². The summed E-state index contributed by atoms with van der Waals surface area (Å²) in [5, 5.41) is 15.3. The van der Waals surface area contributed by atoms with Gasteiger partial charge in [0.15, 0.2) is 0 Å². The number of halogens is 1. The van der Waals surface area contributed by atoms with Crippen LogP contribution in [0.1, 0.15) is 39.0 Å². The van der Waals surface area contributed by atoms with Gasteiger partial charge in [-0.25, -0.2) is 14.2 Å². The van der Waals surface area contributed by atoms with E-state index in [1.165, 1.54) is 13.2 Å². The molecule has 0 unspecified atom stereocenters. The third-order valence-electron chi connectivity index (χ3n) is 7.01. The molecule has 0 saturated carbocycles. The normalized spacial score (nSPS) is 12.3. The number of pyridine rings is 1. The van der Waals surface area contributed by atoms with Gasteiger partial charge in [0, 0.05) is 24.2 Å². The number of hydrogen-bond donors (Lipinski definition) is 2. The summed E-state index contributed by atoms with van der Waals surface area (Å²) >= 11 is 0. The van der Waals surface area contributed by atoms with Crippen LogP contribution >= 0.6 is 0 Å². The van der Waals surface area contributed by atoms with Crippen LogP contribution < -0.4 is 20.1 Å². The maximum absolute atomic E-state index is 15.5. The van der Waals surface area contributed by atoms with Crippen molar-refractivity contribution in [2.24, 2.45) is 0 Å². The quantitative estimate of drug-likeness (QED) is 0.290. The lowest BCUT2D eigenvalue weighted by Crippen LogP contribution is -2.17. The molecule has 0 saturated heterocycles. The molecule has 2 heterocycles. The lowest BCUT2D eigenvalue weighted by atomic mass is 10.0. The van der Waals surface area contributed by atoms with Crippen molar-refractivity contribution in [2.45, 2.75) is 25.9 Å². The van der Waals surface area contributed by atoms with Gasteiger partial charge < -0.3 is 24.8 Å². The average molecular weight is 581 g/mol. The highest BCUT2D eigenvalue weighted by molar-refractivity contribution is 5.98. The zero-order valence-electron chi connectivity index (χ0n) is 23.7. The summed E-state index contributed by atoms with van der Waals surface area (Å²) in [5.74, 6) is -0.806. The van der Waals surface area contributed by atoms with E-state index in [0.29, 0.717) is 58.2 Å². The summed E-state index contributed by atoms with van der Waals surface area (Å²) in [4.78, 5) is 29.5. The minimum atomic E-state index is -0.562. The van der Waals surface area contributed by atoms with Crippen molar-refractivity contribution in [3.05, 3.63) is 100 Å². The smallest absolute Gasteiger partial charge is 0.337 e. The van der Waals surface area contributed by atoms with E-state index in [-0.39, 0.29) is 25.2 Å². The Kier molecular flexibility index (Phi) is 8.82. The zero-order chi connectivity index (χ0) is 30.3. The Hall–Kier alpha value is -5.43. The molecule has 0 radical (unpaired) electrons. The third kappa shape index (κ3) is 6.73. The van der Waals surface area contributed by atoms with Crippen LogP contribution in [0.25, 0.3) is 11.3 Å². The second-order valence-corrected chi connectivity index (χ2v) is 9.87. The molecule has 0 atom stereocenters. The molecule has 3 aromatic carbocycles. The summed E-state index contributed by atoms with van der Waals surface area (Å²) in [6, 6.07) is 20.4. The molecular formula is C33H29FN4O5. The fourth-order valence-corrected chi connectivity index (χ4v) is 4.84. The van der Waals surface area contributed by atoms with Crippen molar-refractivity contribution in [1.82, 2.24) is 4.98 Å². The van der Waals surface area contributed by atoms with Gasteiger partial charge in [-0.15, -0.1) is 0 Å². The van der Waals surface area contributed by atoms with Crippen molar-refractivity contribution in [1.29, 1.82) is 5.26 Å². The summed E-state index contributed by atoms with van der Waals surface area (Å²) in [7, 11) is 2.95. The van der Waals surface area contributed by atoms with Gasteiger partial charge >= 0.3 is 5.97 Å². The first-order valence-electron chi connectivity index (χ1n) is 13.7. The first-order valence-corrected chi connectivity index (χ1v) is 13.7. The summed E-state index contributed by atoms with van der Waals surface area (Å²) in [6.45, 7) is 0.520. The number of amides is 1. The van der Waals surface area contributed by atoms with Crippen LogP contribution in [0, 0.1) is 17.1 Å². The largest absolute Gasteiger partial charge is 0.493 e. The molecule has 5 rings (SSSR count). The Balaban J connectivity index is 1.44. The predicted octanol–water partition coefficient (Wildman–Crippen LogP) is 5.67. The van der Waals surface area contributed by atoms with E-state index >= 15 is 4.39 Å². The van der Waals surface area contributed by atoms with Crippen LogP contribution in [0.2, 0.25) is 0 Å². The van der Waals surface area contributed by atoms with E-state index in [1.807, 2.05) is 12.1 Å². The first-order chi connectivity index (χ1) is 20.9. The maximum atomic E-state index is 15.5. The Labute approximate surface area is 248 Å². The molecule has 0 spiro atoms. The molecule has 1 aliphatic heterocycles. The van der Waals surface area contributed by atoms with Crippen molar-refractivity contribution in [2.75, 3.05) is 31.4 Å². The minimum Gasteiger partial charge on any atom is -0.493 e. The fourth-order valence-electron chi connectivity index (χ4n) is 4.84. The highest BCUT2D eigenvalue weighted by atomic mass is 19.1. The number of anilines is 2. The number of nitriles is 1. The molecule has 43 heavy (non-hydrogen) atoms. The standard InChI is InChI=1S/C33H29FN4O5/c1-36-29-15-22(33(40)41-2)10-11-28(29)37-31(39)16-24-14-26(34)25-17-30(24)42-12-4-5-21-13-20(8-9-23(21)18-35)19-43-32-7-3-6-27(25)38-32/h3,6-11,13-15,17,36H,4-5,12,16,19H2,1-2H3,(H,37,39). The number of methoxy groups -OCH3 is 1. The SMILES string of the molecule is CNc1cc(C(=O)OC)ccc1NC(=O)Cc1cc(F)c2cc1OCCCc1cc(ccc1C#N)COc1cccc-2n1. The Morgan fingerprint density at radius 1 is 1.07 bits per heavy atom. The van der Waals surface area contributed by atoms with Crippen LogP contribution in [0.5, 0.6) is 11.6 Å². The molecule has 1 amide bonds. The number of aryl methyl sites for hydroxylation is 1. The van der Waals surface area contributed by atoms with Gasteiger partial charge in [-0.1, -0.05) is 18.2 Å². The van der Waals surface area contributed by atoms with E-state index < -0.39 is 17.7 Å². The molecule has 9 nitrogen and oxygen atoms in total. The average Bonchev–Trinajstić information content (AvgIpc) is 3.02. The van der Waals surface area contributed by atoms with Crippen molar-refractivity contribution in [3.8, 4) is 29.0 Å². The molecule has 0 fully saturated rings. The monoisotopic (exact) mass is 580 g/mol. The number of aromatic nitrogens is 1. The van der Waals surface area contributed by atoms with E-state index in [1.54, 1.807) is 55.6 Å². The Bertz CT molecular complexity index is 1730. The van der Waals surface area contributed by atoms with E-state index in [2.05, 4.69) is 21.7 Å². The van der Waals surface area contributed by atoms with E-state index in [0.717, 1.165) is 11.1 Å². The van der Waals surface area contributed by atoms with E-state index in [9.17, 15) is 14.9 Å². The molecule has 1 aromatic heterocycles. The lowest BCUT2D eigenvalue weighted by molar-refractivity contribution is -0.115. The summed E-state index contributed by atoms with van der Waals surface area (Å²) in [6.07, 6.45) is 0.994. The number of rotatable bonds is 5. The molecule has 0 aliphatic carbocycles. The third-order valence-corrected chi connectivity index (χ3v) is 7.01. The highest BCUT2D eigenvalue weighted by Gasteiger charge is 2.19. The van der Waals surface area contributed by atoms with Gasteiger partial charge in [0.05, 0.1) is 54.4 Å². The molecule has 1 aliphatic rings. The van der Waals surface area contributed by atoms with Gasteiger partial charge in [0.1, 0.15) is 18.2 Å². The van der Waals surface area contributed by atoms with Crippen LogP contribution in [0.15, 0.2) is 66.7 Å². The van der Waals surface area contributed by atoms with Crippen LogP contribution in [0.3, 0.4) is 0 Å².